The second-order valence-corrected chi connectivity index (χ2v) is 17.9. The summed E-state index contributed by atoms with van der Waals surface area (Å²) in [4.78, 5) is 36.2. The number of hydrogen-bond donors (Lipinski definition) is 0. The van der Waals surface area contributed by atoms with Gasteiger partial charge in [0.1, 0.15) is 63.7 Å². The molecule has 0 aliphatic carbocycles. The number of hydrogen-bond acceptors (Lipinski definition) is 10. The van der Waals surface area contributed by atoms with Crippen molar-refractivity contribution < 1.29 is 47.5 Å². The van der Waals surface area contributed by atoms with Crippen molar-refractivity contribution in [2.45, 2.75) is 10.8 Å². The molecule has 2 aliphatic heterocycles. The van der Waals surface area contributed by atoms with Crippen LogP contribution < -0.4 is 47.7 Å². The standard InChI is InChI=1S/C66H64N2O10/c1-9-35-71-55-29-25-47(43-59(55)75-39-13-5)65(48-26-30-56(72-36-10-2)60(44-48)76-40-14-6)51-21-17-19-23-53(51)67(63(65)69)33-34-68-54-24-20-18-22-52(54)66(64(68)70,49-27-31-57(73-37-11-3)61(45-49)77-41-15-7)50-28-32-58(74-38-12-4)62(46-50)78-42-16-8/h9-32,43-46H,1-8,33-42H2. The van der Waals surface area contributed by atoms with Gasteiger partial charge in [-0.05, 0) is 82.9 Å². The third-order valence-electron chi connectivity index (χ3n) is 13.2. The van der Waals surface area contributed by atoms with E-state index < -0.39 is 10.8 Å². The fraction of sp³-hybridized carbons (Fsp3) is 0.182. The molecule has 2 amide bonds. The van der Waals surface area contributed by atoms with Crippen LogP contribution in [-0.2, 0) is 20.4 Å². The molecule has 2 heterocycles. The second-order valence-electron chi connectivity index (χ2n) is 17.9. The number of para-hydroxylation sites is 2. The Hall–Kier alpha value is -9.42. The quantitative estimate of drug-likeness (QED) is 0.0390. The Bertz CT molecular complexity index is 2890. The van der Waals surface area contributed by atoms with Crippen LogP contribution >= 0.6 is 0 Å². The molecule has 0 bridgehead atoms. The summed E-state index contributed by atoms with van der Waals surface area (Å²) in [5.74, 6) is 2.88. The minimum Gasteiger partial charge on any atom is -0.486 e. The van der Waals surface area contributed by atoms with Gasteiger partial charge in [0.25, 0.3) is 0 Å². The van der Waals surface area contributed by atoms with E-state index in [4.69, 9.17) is 37.9 Å². The third-order valence-corrected chi connectivity index (χ3v) is 13.2. The lowest BCUT2D eigenvalue weighted by molar-refractivity contribution is -0.122. The number of fused-ring (bicyclic) bond motifs is 2. The fourth-order valence-electron chi connectivity index (χ4n) is 10.1. The van der Waals surface area contributed by atoms with Crippen LogP contribution in [0.3, 0.4) is 0 Å². The molecule has 12 nitrogen and oxygen atoms in total. The zero-order valence-corrected chi connectivity index (χ0v) is 43.9. The largest absolute Gasteiger partial charge is 0.486 e. The van der Waals surface area contributed by atoms with Crippen molar-refractivity contribution >= 4 is 23.2 Å². The summed E-state index contributed by atoms with van der Waals surface area (Å²) in [6.45, 7) is 32.5. The Balaban J connectivity index is 1.30. The maximum Gasteiger partial charge on any atom is 0.246 e. The minimum absolute atomic E-state index is 0.0680. The maximum atomic E-state index is 16.4. The SMILES string of the molecule is C=CCOc1ccc(C2(c3ccc(OCC=C)c(OCC=C)c3)C(=O)N(CCN3C(=O)C(c4ccc(OCC=C)c(OCC=C)c4)(c4ccc(OCC=C)c(OCC=C)c4)c4ccccc43)c3ccccc32)cc1OCC=C. The lowest BCUT2D eigenvalue weighted by atomic mass is 9.70. The molecule has 8 rings (SSSR count). The molecule has 398 valence electrons. The van der Waals surface area contributed by atoms with Crippen LogP contribution in [0.5, 0.6) is 46.0 Å². The highest BCUT2D eigenvalue weighted by atomic mass is 16.5. The van der Waals surface area contributed by atoms with Crippen LogP contribution in [-0.4, -0.2) is 77.8 Å². The molecule has 0 saturated heterocycles. The molecule has 0 radical (unpaired) electrons. The molecule has 0 aromatic heterocycles. The molecule has 78 heavy (non-hydrogen) atoms. The van der Waals surface area contributed by atoms with E-state index >= 15 is 9.59 Å². The van der Waals surface area contributed by atoms with E-state index in [-0.39, 0.29) is 77.8 Å². The Morgan fingerprint density at radius 1 is 0.321 bits per heavy atom. The average Bonchev–Trinajstić information content (AvgIpc) is 4.03. The highest BCUT2D eigenvalue weighted by molar-refractivity contribution is 6.15. The number of benzene rings is 6. The van der Waals surface area contributed by atoms with Crippen molar-refractivity contribution in [2.24, 2.45) is 0 Å². The maximum absolute atomic E-state index is 16.4. The van der Waals surface area contributed by atoms with Gasteiger partial charge in [0.2, 0.25) is 11.8 Å². The number of ether oxygens (including phenoxy) is 8. The first kappa shape index (κ1) is 54.8. The molecule has 6 aromatic rings. The van der Waals surface area contributed by atoms with Crippen LogP contribution in [0.15, 0.2) is 223 Å². The summed E-state index contributed by atoms with van der Waals surface area (Å²) >= 11 is 0. The van der Waals surface area contributed by atoms with E-state index in [1.54, 1.807) is 82.7 Å². The van der Waals surface area contributed by atoms with Crippen LogP contribution in [0.1, 0.15) is 33.4 Å². The molecule has 6 aromatic carbocycles. The smallest absolute Gasteiger partial charge is 0.246 e. The molecular weight excluding hydrogens is 981 g/mol. The highest BCUT2D eigenvalue weighted by Gasteiger charge is 2.56. The van der Waals surface area contributed by atoms with E-state index in [0.29, 0.717) is 90.8 Å². The average molecular weight is 1050 g/mol. The van der Waals surface area contributed by atoms with Crippen LogP contribution in [0.25, 0.3) is 0 Å². The fourth-order valence-corrected chi connectivity index (χ4v) is 10.1. The van der Waals surface area contributed by atoms with E-state index in [1.165, 1.54) is 0 Å². The van der Waals surface area contributed by atoms with Crippen LogP contribution in [0.2, 0.25) is 0 Å². The van der Waals surface area contributed by atoms with Gasteiger partial charge in [-0.1, -0.05) is 162 Å². The van der Waals surface area contributed by atoms with Gasteiger partial charge in [-0.3, -0.25) is 9.59 Å². The zero-order chi connectivity index (χ0) is 55.1. The molecule has 0 N–H and O–H groups in total. The van der Waals surface area contributed by atoms with Gasteiger partial charge >= 0.3 is 0 Å². The van der Waals surface area contributed by atoms with E-state index in [1.807, 2.05) is 97.1 Å². The summed E-state index contributed by atoms with van der Waals surface area (Å²) in [5.41, 5.74) is 2.03. The lowest BCUT2D eigenvalue weighted by Crippen LogP contribution is -2.47. The van der Waals surface area contributed by atoms with Crippen molar-refractivity contribution in [2.75, 3.05) is 75.7 Å². The second kappa shape index (κ2) is 25.4. The van der Waals surface area contributed by atoms with Crippen molar-refractivity contribution in [3.63, 3.8) is 0 Å². The third kappa shape index (κ3) is 10.4. The molecular formula is C66H64N2O10. The van der Waals surface area contributed by atoms with Gasteiger partial charge in [0.05, 0.1) is 0 Å². The summed E-state index contributed by atoms with van der Waals surface area (Å²) < 4.78 is 49.3. The molecule has 12 heteroatoms. The molecule has 0 unspecified atom stereocenters. The van der Waals surface area contributed by atoms with E-state index in [2.05, 4.69) is 52.6 Å². The number of carbonyl (C=O) groups excluding carboxylic acids is 2. The van der Waals surface area contributed by atoms with Crippen molar-refractivity contribution in [3.8, 4) is 46.0 Å². The number of carbonyl (C=O) groups is 2. The van der Waals surface area contributed by atoms with Gasteiger partial charge in [0, 0.05) is 35.6 Å². The predicted octanol–water partition coefficient (Wildman–Crippen LogP) is 12.3. The highest BCUT2D eigenvalue weighted by Crippen LogP contribution is 2.55. The first-order chi connectivity index (χ1) is 38.2. The Kier molecular flexibility index (Phi) is 17.9. The Morgan fingerprint density at radius 3 is 0.795 bits per heavy atom. The molecule has 0 saturated carbocycles. The normalized spacial score (nSPS) is 13.5. The number of amides is 2. The summed E-state index contributed by atoms with van der Waals surface area (Å²) in [6, 6.07) is 37.4. The first-order valence-electron chi connectivity index (χ1n) is 25.5. The molecule has 0 atom stereocenters. The minimum atomic E-state index is -1.51. The molecule has 0 fully saturated rings. The summed E-state index contributed by atoms with van der Waals surface area (Å²) in [6.07, 6.45) is 13.2. The number of nitrogens with zero attached hydrogens (tertiary/aromatic N) is 2. The summed E-state index contributed by atoms with van der Waals surface area (Å²) in [5, 5.41) is 0. The van der Waals surface area contributed by atoms with Crippen molar-refractivity contribution in [1.29, 1.82) is 0 Å². The number of anilines is 2. The van der Waals surface area contributed by atoms with Gasteiger partial charge < -0.3 is 47.7 Å². The van der Waals surface area contributed by atoms with E-state index in [0.717, 1.165) is 0 Å². The Labute approximate surface area is 457 Å². The van der Waals surface area contributed by atoms with Crippen LogP contribution in [0.4, 0.5) is 11.4 Å². The number of rotatable bonds is 31. The molecule has 2 aliphatic rings. The molecule has 0 spiro atoms. The van der Waals surface area contributed by atoms with Gasteiger partial charge in [0.15, 0.2) is 46.0 Å². The zero-order valence-electron chi connectivity index (χ0n) is 43.9. The van der Waals surface area contributed by atoms with Crippen LogP contribution in [0, 0.1) is 0 Å². The topological polar surface area (TPSA) is 114 Å². The predicted molar refractivity (Wildman–Crippen MR) is 309 cm³/mol. The van der Waals surface area contributed by atoms with Gasteiger partial charge in [-0.15, -0.1) is 0 Å². The lowest BCUT2D eigenvalue weighted by Gasteiger charge is -2.33. The van der Waals surface area contributed by atoms with Crippen molar-refractivity contribution in [3.05, 3.63) is 256 Å². The monoisotopic (exact) mass is 1040 g/mol. The van der Waals surface area contributed by atoms with Gasteiger partial charge in [-0.2, -0.15) is 0 Å². The Morgan fingerprint density at radius 2 is 0.551 bits per heavy atom. The first-order valence-corrected chi connectivity index (χ1v) is 25.5. The summed E-state index contributed by atoms with van der Waals surface area (Å²) in [7, 11) is 0. The van der Waals surface area contributed by atoms with Gasteiger partial charge in [-0.25, -0.2) is 0 Å². The van der Waals surface area contributed by atoms with E-state index in [9.17, 15) is 0 Å². The van der Waals surface area contributed by atoms with Crippen molar-refractivity contribution in [1.82, 2.24) is 0 Å².